The van der Waals surface area contributed by atoms with Gasteiger partial charge in [-0.3, -0.25) is 4.79 Å². The summed E-state index contributed by atoms with van der Waals surface area (Å²) in [5.74, 6) is -1.83. The SMILES string of the molecule is CCN(CCOC)c1cc2c(-c3c(Cl)cccc3Cl)c(=O)ncn2nc1Oc1ccc(F)cc1F. The van der Waals surface area contributed by atoms with Crippen LogP contribution in [-0.2, 0) is 4.74 Å². The molecule has 0 spiro atoms. The van der Waals surface area contributed by atoms with E-state index in [1.54, 1.807) is 31.4 Å². The van der Waals surface area contributed by atoms with E-state index < -0.39 is 17.2 Å². The molecule has 0 bridgehead atoms. The minimum Gasteiger partial charge on any atom is -0.433 e. The molecule has 0 saturated carbocycles. The summed E-state index contributed by atoms with van der Waals surface area (Å²) in [7, 11) is 1.57. The number of fused-ring (bicyclic) bond motifs is 1. The second-order valence-corrected chi connectivity index (χ2v) is 8.25. The minimum absolute atomic E-state index is 0.0163. The first-order chi connectivity index (χ1) is 16.8. The summed E-state index contributed by atoms with van der Waals surface area (Å²) in [6, 6.07) is 9.54. The highest BCUT2D eigenvalue weighted by atomic mass is 35.5. The fraction of sp³-hybridized carbons (Fsp3) is 0.208. The van der Waals surface area contributed by atoms with Crippen molar-refractivity contribution in [3.05, 3.63) is 80.8 Å². The van der Waals surface area contributed by atoms with Crippen molar-refractivity contribution in [1.82, 2.24) is 14.6 Å². The van der Waals surface area contributed by atoms with E-state index in [0.717, 1.165) is 6.07 Å². The molecule has 4 aromatic rings. The fourth-order valence-corrected chi connectivity index (χ4v) is 4.19. The molecule has 0 saturated heterocycles. The van der Waals surface area contributed by atoms with Crippen LogP contribution >= 0.6 is 23.2 Å². The largest absolute Gasteiger partial charge is 0.433 e. The van der Waals surface area contributed by atoms with E-state index in [-0.39, 0.29) is 27.2 Å². The van der Waals surface area contributed by atoms with E-state index in [9.17, 15) is 13.6 Å². The van der Waals surface area contributed by atoms with Crippen LogP contribution in [0.2, 0.25) is 10.0 Å². The van der Waals surface area contributed by atoms with Crippen LogP contribution < -0.4 is 15.2 Å². The van der Waals surface area contributed by atoms with Crippen LogP contribution in [0.3, 0.4) is 0 Å². The number of aromatic nitrogens is 3. The third-order valence-corrected chi connectivity index (χ3v) is 5.92. The Labute approximate surface area is 209 Å². The second-order valence-electron chi connectivity index (χ2n) is 7.44. The van der Waals surface area contributed by atoms with E-state index in [4.69, 9.17) is 32.7 Å². The lowest BCUT2D eigenvalue weighted by Crippen LogP contribution is -2.28. The van der Waals surface area contributed by atoms with Crippen LogP contribution in [0.4, 0.5) is 14.5 Å². The number of ether oxygens (including phenoxy) is 2. The Morgan fingerprint density at radius 2 is 1.83 bits per heavy atom. The van der Waals surface area contributed by atoms with Gasteiger partial charge in [-0.25, -0.2) is 13.3 Å². The van der Waals surface area contributed by atoms with Gasteiger partial charge in [0, 0.05) is 31.8 Å². The van der Waals surface area contributed by atoms with Crippen molar-refractivity contribution >= 4 is 34.4 Å². The number of anilines is 1. The zero-order chi connectivity index (χ0) is 25.1. The maximum absolute atomic E-state index is 14.4. The first kappa shape index (κ1) is 24.8. The predicted octanol–water partition coefficient (Wildman–Crippen LogP) is 5.61. The number of hydrogen-bond donors (Lipinski definition) is 0. The lowest BCUT2D eigenvalue weighted by molar-refractivity contribution is 0.205. The summed E-state index contributed by atoms with van der Waals surface area (Å²) in [6.07, 6.45) is 1.22. The van der Waals surface area contributed by atoms with Gasteiger partial charge in [-0.2, -0.15) is 4.98 Å². The number of nitrogens with zero attached hydrogens (tertiary/aromatic N) is 4. The number of rotatable bonds is 8. The summed E-state index contributed by atoms with van der Waals surface area (Å²) < 4.78 is 40.1. The molecule has 2 aromatic heterocycles. The van der Waals surface area contributed by atoms with Gasteiger partial charge in [-0.15, -0.1) is 5.10 Å². The molecule has 2 heterocycles. The van der Waals surface area contributed by atoms with Crippen LogP contribution in [0.5, 0.6) is 11.6 Å². The van der Waals surface area contributed by atoms with Crippen LogP contribution in [-0.4, -0.2) is 41.4 Å². The van der Waals surface area contributed by atoms with E-state index in [1.165, 1.54) is 16.9 Å². The first-order valence-corrected chi connectivity index (χ1v) is 11.3. The summed E-state index contributed by atoms with van der Waals surface area (Å²) in [6.45, 7) is 3.26. The Kier molecular flexibility index (Phi) is 7.49. The molecule has 0 aliphatic carbocycles. The van der Waals surface area contributed by atoms with Gasteiger partial charge in [-0.1, -0.05) is 29.3 Å². The van der Waals surface area contributed by atoms with Crippen molar-refractivity contribution in [3.8, 4) is 22.8 Å². The zero-order valence-electron chi connectivity index (χ0n) is 18.8. The molecule has 0 N–H and O–H groups in total. The number of benzene rings is 2. The van der Waals surface area contributed by atoms with E-state index in [1.807, 2.05) is 11.8 Å². The van der Waals surface area contributed by atoms with Crippen molar-refractivity contribution < 1.29 is 18.3 Å². The molecule has 0 atom stereocenters. The lowest BCUT2D eigenvalue weighted by Gasteiger charge is -2.25. The van der Waals surface area contributed by atoms with Crippen molar-refractivity contribution in [1.29, 1.82) is 0 Å². The standard InChI is InChI=1S/C24H20Cl2F2N4O3/c1-3-31(9-10-34-2)19-12-18-22(21-15(25)5-4-6-16(21)26)23(33)29-13-32(18)30-24(19)35-20-8-7-14(27)11-17(20)28/h4-8,11-13H,3,9-10H2,1-2H3. The van der Waals surface area contributed by atoms with Gasteiger partial charge in [0.05, 0.1) is 27.7 Å². The van der Waals surface area contributed by atoms with Crippen molar-refractivity contribution in [3.63, 3.8) is 0 Å². The summed E-state index contributed by atoms with van der Waals surface area (Å²) in [5.41, 5.74) is 0.726. The highest BCUT2D eigenvalue weighted by molar-refractivity contribution is 6.39. The van der Waals surface area contributed by atoms with E-state index in [0.29, 0.717) is 42.5 Å². The summed E-state index contributed by atoms with van der Waals surface area (Å²) >= 11 is 12.8. The molecular weight excluding hydrogens is 501 g/mol. The number of hydrogen-bond acceptors (Lipinski definition) is 6. The Bertz CT molecular complexity index is 1430. The van der Waals surface area contributed by atoms with Crippen LogP contribution in [0.15, 0.2) is 53.6 Å². The maximum Gasteiger partial charge on any atom is 0.281 e. The van der Waals surface area contributed by atoms with Crippen molar-refractivity contribution in [2.24, 2.45) is 0 Å². The third kappa shape index (κ3) is 5.07. The second kappa shape index (κ2) is 10.6. The quantitative estimate of drug-likeness (QED) is 0.301. The van der Waals surface area contributed by atoms with Gasteiger partial charge in [-0.05, 0) is 37.3 Å². The summed E-state index contributed by atoms with van der Waals surface area (Å²) in [5, 5.41) is 5.00. The number of halogens is 4. The Morgan fingerprint density at radius 3 is 2.49 bits per heavy atom. The smallest absolute Gasteiger partial charge is 0.281 e. The summed E-state index contributed by atoms with van der Waals surface area (Å²) in [4.78, 5) is 18.7. The Hall–Kier alpha value is -3.27. The van der Waals surface area contributed by atoms with Gasteiger partial charge >= 0.3 is 0 Å². The molecule has 0 aliphatic heterocycles. The average Bonchev–Trinajstić information content (AvgIpc) is 2.82. The van der Waals surface area contributed by atoms with Gasteiger partial charge in [0.2, 0.25) is 0 Å². The third-order valence-electron chi connectivity index (χ3n) is 5.29. The normalized spacial score (nSPS) is 11.1. The van der Waals surface area contributed by atoms with Crippen LogP contribution in [0.1, 0.15) is 6.92 Å². The highest BCUT2D eigenvalue weighted by Gasteiger charge is 2.22. The van der Waals surface area contributed by atoms with Crippen molar-refractivity contribution in [2.45, 2.75) is 6.92 Å². The highest BCUT2D eigenvalue weighted by Crippen LogP contribution is 2.38. The van der Waals surface area contributed by atoms with Gasteiger partial charge in [0.15, 0.2) is 11.6 Å². The van der Waals surface area contributed by atoms with E-state index in [2.05, 4.69) is 10.1 Å². The van der Waals surface area contributed by atoms with Gasteiger partial charge in [0.25, 0.3) is 11.4 Å². The number of methoxy groups -OCH3 is 1. The number of likely N-dealkylation sites (N-methyl/N-ethyl adjacent to an activating group) is 1. The molecule has 4 rings (SSSR count). The molecule has 0 radical (unpaired) electrons. The molecule has 7 nitrogen and oxygen atoms in total. The minimum atomic E-state index is -0.889. The van der Waals surface area contributed by atoms with Gasteiger partial charge < -0.3 is 14.4 Å². The lowest BCUT2D eigenvalue weighted by atomic mass is 10.1. The molecular formula is C24H20Cl2F2N4O3. The topological polar surface area (TPSA) is 69.0 Å². The molecule has 2 aromatic carbocycles. The van der Waals surface area contributed by atoms with Gasteiger partial charge in [0.1, 0.15) is 17.8 Å². The monoisotopic (exact) mass is 520 g/mol. The fourth-order valence-electron chi connectivity index (χ4n) is 3.60. The molecule has 182 valence electrons. The average molecular weight is 521 g/mol. The molecule has 0 amide bonds. The Balaban J connectivity index is 1.98. The molecule has 0 aliphatic rings. The molecule has 0 unspecified atom stereocenters. The van der Waals surface area contributed by atoms with Crippen LogP contribution in [0, 0.1) is 11.6 Å². The Morgan fingerprint density at radius 1 is 1.09 bits per heavy atom. The molecule has 0 fully saturated rings. The van der Waals surface area contributed by atoms with Crippen molar-refractivity contribution in [2.75, 3.05) is 31.7 Å². The first-order valence-electron chi connectivity index (χ1n) is 10.6. The van der Waals surface area contributed by atoms with E-state index >= 15 is 0 Å². The predicted molar refractivity (Wildman–Crippen MR) is 131 cm³/mol. The molecule has 35 heavy (non-hydrogen) atoms. The van der Waals surface area contributed by atoms with Crippen LogP contribution in [0.25, 0.3) is 16.6 Å². The molecule has 11 heteroatoms. The maximum atomic E-state index is 14.4. The zero-order valence-corrected chi connectivity index (χ0v) is 20.3.